The zero-order valence-electron chi connectivity index (χ0n) is 13.2. The van der Waals surface area contributed by atoms with E-state index in [1.54, 1.807) is 27.0 Å². The molecular formula is C15H23N3O3. The Morgan fingerprint density at radius 3 is 2.71 bits per heavy atom. The third kappa shape index (κ3) is 5.91. The van der Waals surface area contributed by atoms with Crippen LogP contribution in [0.3, 0.4) is 0 Å². The van der Waals surface area contributed by atoms with Crippen LogP contribution in [0.15, 0.2) is 17.3 Å². The number of aromatic nitrogens is 1. The van der Waals surface area contributed by atoms with E-state index >= 15 is 0 Å². The standard InChI is InChI=1S/C15H23N3O3/c1-10-8-12(11(2)16-6-7-19)13(17-9-10)18-14(20)21-15(3,4)5/h8-9,19H,6-7H2,1-5H3,(H,17,18,20). The van der Waals surface area contributed by atoms with Gasteiger partial charge in [-0.2, -0.15) is 0 Å². The van der Waals surface area contributed by atoms with Crippen molar-refractivity contribution in [3.05, 3.63) is 23.4 Å². The molecule has 6 nitrogen and oxygen atoms in total. The number of rotatable bonds is 4. The first-order chi connectivity index (χ1) is 9.73. The van der Waals surface area contributed by atoms with E-state index in [1.165, 1.54) is 0 Å². The van der Waals surface area contributed by atoms with Crippen molar-refractivity contribution >= 4 is 17.6 Å². The van der Waals surface area contributed by atoms with Crippen LogP contribution >= 0.6 is 0 Å². The third-order valence-electron chi connectivity index (χ3n) is 2.48. The minimum Gasteiger partial charge on any atom is -0.444 e. The average Bonchev–Trinajstić information content (AvgIpc) is 2.35. The molecular weight excluding hydrogens is 270 g/mol. The van der Waals surface area contributed by atoms with E-state index in [2.05, 4.69) is 15.3 Å². The number of carbonyl (C=O) groups excluding carboxylic acids is 1. The van der Waals surface area contributed by atoms with Crippen LogP contribution in [-0.4, -0.2) is 40.6 Å². The second-order valence-corrected chi connectivity index (χ2v) is 5.73. The molecule has 0 aliphatic heterocycles. The topological polar surface area (TPSA) is 83.8 Å². The predicted octanol–water partition coefficient (Wildman–Crippen LogP) is 2.54. The second-order valence-electron chi connectivity index (χ2n) is 5.73. The van der Waals surface area contributed by atoms with Gasteiger partial charge in [-0.25, -0.2) is 9.78 Å². The van der Waals surface area contributed by atoms with E-state index in [0.717, 1.165) is 5.56 Å². The van der Waals surface area contributed by atoms with Crippen molar-refractivity contribution in [1.82, 2.24) is 4.98 Å². The van der Waals surface area contributed by atoms with Crippen LogP contribution in [0.4, 0.5) is 10.6 Å². The van der Waals surface area contributed by atoms with Crippen molar-refractivity contribution in [3.8, 4) is 0 Å². The van der Waals surface area contributed by atoms with E-state index < -0.39 is 11.7 Å². The van der Waals surface area contributed by atoms with Crippen LogP contribution < -0.4 is 5.32 Å². The SMILES string of the molecule is CC(=NCCO)c1cc(C)cnc1NC(=O)OC(C)(C)C. The molecule has 1 heterocycles. The molecule has 2 N–H and O–H groups in total. The van der Waals surface area contributed by atoms with Gasteiger partial charge in [0.1, 0.15) is 11.4 Å². The number of hydrogen-bond acceptors (Lipinski definition) is 5. The summed E-state index contributed by atoms with van der Waals surface area (Å²) in [5.41, 5.74) is 1.80. The van der Waals surface area contributed by atoms with Gasteiger partial charge in [-0.15, -0.1) is 0 Å². The quantitative estimate of drug-likeness (QED) is 0.836. The van der Waals surface area contributed by atoms with Gasteiger partial charge in [0.05, 0.1) is 13.2 Å². The number of pyridine rings is 1. The maximum atomic E-state index is 11.8. The molecule has 21 heavy (non-hydrogen) atoms. The zero-order valence-corrected chi connectivity index (χ0v) is 13.2. The lowest BCUT2D eigenvalue weighted by Gasteiger charge is -2.20. The minimum absolute atomic E-state index is 0.0224. The highest BCUT2D eigenvalue weighted by Crippen LogP contribution is 2.17. The van der Waals surface area contributed by atoms with Crippen molar-refractivity contribution in [2.45, 2.75) is 40.2 Å². The lowest BCUT2D eigenvalue weighted by Crippen LogP contribution is -2.28. The molecule has 0 radical (unpaired) electrons. The van der Waals surface area contributed by atoms with Crippen LogP contribution in [0, 0.1) is 6.92 Å². The Kier molecular flexibility index (Phi) is 5.84. The number of carbonyl (C=O) groups is 1. The fourth-order valence-corrected chi connectivity index (χ4v) is 1.65. The molecule has 0 atom stereocenters. The summed E-state index contributed by atoms with van der Waals surface area (Å²) in [7, 11) is 0. The number of aliphatic hydroxyl groups is 1. The number of nitrogens with one attached hydrogen (secondary N) is 1. The van der Waals surface area contributed by atoms with E-state index in [-0.39, 0.29) is 6.61 Å². The van der Waals surface area contributed by atoms with Gasteiger partial charge in [-0.05, 0) is 46.2 Å². The van der Waals surface area contributed by atoms with Crippen LogP contribution in [0.2, 0.25) is 0 Å². The smallest absolute Gasteiger partial charge is 0.413 e. The van der Waals surface area contributed by atoms with Gasteiger partial charge in [0.15, 0.2) is 0 Å². The molecule has 0 aliphatic rings. The van der Waals surface area contributed by atoms with Crippen LogP contribution in [0.1, 0.15) is 38.8 Å². The van der Waals surface area contributed by atoms with Gasteiger partial charge in [-0.3, -0.25) is 10.3 Å². The molecule has 1 aromatic heterocycles. The van der Waals surface area contributed by atoms with Gasteiger partial charge in [0, 0.05) is 17.5 Å². The first kappa shape index (κ1) is 17.1. The second kappa shape index (κ2) is 7.17. The Hall–Kier alpha value is -1.95. The molecule has 0 aliphatic carbocycles. The van der Waals surface area contributed by atoms with Crippen LogP contribution in [0.5, 0.6) is 0 Å². The molecule has 0 saturated carbocycles. The molecule has 0 spiro atoms. The molecule has 6 heteroatoms. The van der Waals surface area contributed by atoms with Crippen LogP contribution in [0.25, 0.3) is 0 Å². The third-order valence-corrected chi connectivity index (χ3v) is 2.48. The van der Waals surface area contributed by atoms with E-state index in [0.29, 0.717) is 23.6 Å². The number of ether oxygens (including phenoxy) is 1. The van der Waals surface area contributed by atoms with Crippen molar-refractivity contribution in [2.24, 2.45) is 4.99 Å². The molecule has 0 saturated heterocycles. The summed E-state index contributed by atoms with van der Waals surface area (Å²) in [6, 6.07) is 1.88. The summed E-state index contributed by atoms with van der Waals surface area (Å²) in [6.07, 6.45) is 1.10. The fraction of sp³-hybridized carbons (Fsp3) is 0.533. The van der Waals surface area contributed by atoms with Crippen molar-refractivity contribution in [3.63, 3.8) is 0 Å². The average molecular weight is 293 g/mol. The lowest BCUT2D eigenvalue weighted by atomic mass is 10.1. The highest BCUT2D eigenvalue weighted by atomic mass is 16.6. The maximum absolute atomic E-state index is 11.8. The van der Waals surface area contributed by atoms with E-state index in [9.17, 15) is 4.79 Å². The van der Waals surface area contributed by atoms with Gasteiger partial charge in [0.2, 0.25) is 0 Å². The van der Waals surface area contributed by atoms with E-state index in [4.69, 9.17) is 9.84 Å². The largest absolute Gasteiger partial charge is 0.444 e. The summed E-state index contributed by atoms with van der Waals surface area (Å²) in [6.45, 7) is 9.40. The minimum atomic E-state index is -0.574. The summed E-state index contributed by atoms with van der Waals surface area (Å²) >= 11 is 0. The molecule has 1 amide bonds. The molecule has 0 fully saturated rings. The van der Waals surface area contributed by atoms with Crippen LogP contribution in [-0.2, 0) is 4.74 Å². The maximum Gasteiger partial charge on any atom is 0.413 e. The van der Waals surface area contributed by atoms with Crippen molar-refractivity contribution in [1.29, 1.82) is 0 Å². The summed E-state index contributed by atoms with van der Waals surface area (Å²) in [5, 5.41) is 11.5. The molecule has 1 rings (SSSR count). The highest BCUT2D eigenvalue weighted by molar-refractivity contribution is 6.05. The van der Waals surface area contributed by atoms with Gasteiger partial charge in [0.25, 0.3) is 0 Å². The predicted molar refractivity (Wildman–Crippen MR) is 83.0 cm³/mol. The normalized spacial score (nSPS) is 12.2. The number of aliphatic imine (C=N–C) groups is 1. The van der Waals surface area contributed by atoms with Crippen molar-refractivity contribution in [2.75, 3.05) is 18.5 Å². The first-order valence-corrected chi connectivity index (χ1v) is 6.82. The first-order valence-electron chi connectivity index (χ1n) is 6.82. The lowest BCUT2D eigenvalue weighted by molar-refractivity contribution is 0.0635. The molecule has 116 valence electrons. The fourth-order valence-electron chi connectivity index (χ4n) is 1.65. The number of nitrogens with zero attached hydrogens (tertiary/aromatic N) is 2. The number of amides is 1. The zero-order chi connectivity index (χ0) is 16.0. The molecule has 0 aromatic carbocycles. The number of anilines is 1. The monoisotopic (exact) mass is 293 g/mol. The Morgan fingerprint density at radius 1 is 1.48 bits per heavy atom. The Bertz CT molecular complexity index is 533. The molecule has 0 unspecified atom stereocenters. The van der Waals surface area contributed by atoms with Gasteiger partial charge >= 0.3 is 6.09 Å². The van der Waals surface area contributed by atoms with E-state index in [1.807, 2.05) is 19.9 Å². The molecule has 0 bridgehead atoms. The molecule has 1 aromatic rings. The number of aryl methyl sites for hydroxylation is 1. The number of aliphatic hydroxyl groups excluding tert-OH is 1. The summed E-state index contributed by atoms with van der Waals surface area (Å²) in [5.74, 6) is 0.397. The van der Waals surface area contributed by atoms with Gasteiger partial charge < -0.3 is 9.84 Å². The number of hydrogen-bond donors (Lipinski definition) is 2. The Labute approximate surface area is 125 Å². The Morgan fingerprint density at radius 2 is 2.14 bits per heavy atom. The highest BCUT2D eigenvalue weighted by Gasteiger charge is 2.18. The van der Waals surface area contributed by atoms with Gasteiger partial charge in [-0.1, -0.05) is 0 Å². The Balaban J connectivity index is 2.99. The summed E-state index contributed by atoms with van der Waals surface area (Å²) in [4.78, 5) is 20.3. The van der Waals surface area contributed by atoms with Crippen molar-refractivity contribution < 1.29 is 14.6 Å². The summed E-state index contributed by atoms with van der Waals surface area (Å²) < 4.78 is 5.22.